The van der Waals surface area contributed by atoms with Crippen molar-refractivity contribution in [3.8, 4) is 5.75 Å². The second kappa shape index (κ2) is 9.85. The van der Waals surface area contributed by atoms with Gasteiger partial charge in [0.05, 0.1) is 7.11 Å². The van der Waals surface area contributed by atoms with Gasteiger partial charge >= 0.3 is 0 Å². The summed E-state index contributed by atoms with van der Waals surface area (Å²) in [4.78, 5) is 4.27. The first-order valence-corrected chi connectivity index (χ1v) is 6.70. The summed E-state index contributed by atoms with van der Waals surface area (Å²) in [5.41, 5.74) is 8.21. The van der Waals surface area contributed by atoms with Crippen LogP contribution in [0.5, 0.6) is 5.75 Å². The normalized spacial score (nSPS) is 11.2. The molecule has 0 aliphatic rings. The van der Waals surface area contributed by atoms with E-state index in [0.29, 0.717) is 11.9 Å². The minimum atomic E-state index is 0. The number of nitrogens with two attached hydrogens (primary N) is 1. The zero-order valence-electron chi connectivity index (χ0n) is 12.8. The molecule has 0 amide bonds. The van der Waals surface area contributed by atoms with Gasteiger partial charge in [-0.2, -0.15) is 0 Å². The fourth-order valence-corrected chi connectivity index (χ4v) is 1.76. The van der Waals surface area contributed by atoms with Crippen molar-refractivity contribution in [3.05, 3.63) is 29.3 Å². The van der Waals surface area contributed by atoms with Crippen LogP contribution in [0.3, 0.4) is 0 Å². The molecule has 0 atom stereocenters. The summed E-state index contributed by atoms with van der Waals surface area (Å²) in [6.45, 7) is 7.83. The number of nitrogens with zero attached hydrogens (tertiary/aromatic N) is 1. The molecule has 1 aromatic rings. The van der Waals surface area contributed by atoms with E-state index < -0.39 is 0 Å². The Bertz CT molecular complexity index is 433. The molecule has 0 aliphatic heterocycles. The topological polar surface area (TPSA) is 59.6 Å². The van der Waals surface area contributed by atoms with E-state index in [9.17, 15) is 0 Å². The average molecular weight is 391 g/mol. The largest absolute Gasteiger partial charge is 0.496 e. The smallest absolute Gasteiger partial charge is 0.188 e. The molecule has 0 bridgehead atoms. The predicted octanol–water partition coefficient (Wildman–Crippen LogP) is 2.72. The highest BCUT2D eigenvalue weighted by Crippen LogP contribution is 2.19. The number of hydrogen-bond donors (Lipinski definition) is 2. The molecule has 0 radical (unpaired) electrons. The van der Waals surface area contributed by atoms with Gasteiger partial charge in [0.25, 0.3) is 0 Å². The SMILES string of the molecule is COc1ccc(C)cc1CCNC(N)=NCC(C)C.I. The maximum Gasteiger partial charge on any atom is 0.188 e. The molecular formula is C15H26IN3O. The first-order valence-electron chi connectivity index (χ1n) is 6.70. The monoisotopic (exact) mass is 391 g/mol. The first kappa shape index (κ1) is 19.0. The van der Waals surface area contributed by atoms with Crippen LogP contribution in [-0.2, 0) is 6.42 Å². The van der Waals surface area contributed by atoms with E-state index in [-0.39, 0.29) is 24.0 Å². The van der Waals surface area contributed by atoms with E-state index in [2.05, 4.69) is 37.1 Å². The lowest BCUT2D eigenvalue weighted by molar-refractivity contribution is 0.409. The number of benzene rings is 1. The van der Waals surface area contributed by atoms with Gasteiger partial charge in [0.15, 0.2) is 5.96 Å². The lowest BCUT2D eigenvalue weighted by Gasteiger charge is -2.11. The van der Waals surface area contributed by atoms with Crippen LogP contribution in [-0.4, -0.2) is 26.2 Å². The molecule has 0 fully saturated rings. The fourth-order valence-electron chi connectivity index (χ4n) is 1.76. The second-order valence-electron chi connectivity index (χ2n) is 5.11. The number of ether oxygens (including phenoxy) is 1. The zero-order chi connectivity index (χ0) is 14.3. The highest BCUT2D eigenvalue weighted by atomic mass is 127. The fraction of sp³-hybridized carbons (Fsp3) is 0.533. The van der Waals surface area contributed by atoms with Crippen molar-refractivity contribution in [2.75, 3.05) is 20.2 Å². The van der Waals surface area contributed by atoms with Crippen molar-refractivity contribution in [1.29, 1.82) is 0 Å². The summed E-state index contributed by atoms with van der Waals surface area (Å²) in [6.07, 6.45) is 0.864. The van der Waals surface area contributed by atoms with Gasteiger partial charge in [0.2, 0.25) is 0 Å². The van der Waals surface area contributed by atoms with E-state index in [1.54, 1.807) is 7.11 Å². The standard InChI is InChI=1S/C15H25N3O.HI/c1-11(2)10-18-15(16)17-8-7-13-9-12(3)5-6-14(13)19-4;/h5-6,9,11H,7-8,10H2,1-4H3,(H3,16,17,18);1H. The Labute approximate surface area is 139 Å². The second-order valence-corrected chi connectivity index (χ2v) is 5.11. The number of aliphatic imine (C=N–C) groups is 1. The molecule has 4 nitrogen and oxygen atoms in total. The first-order chi connectivity index (χ1) is 9.02. The average Bonchev–Trinajstić information content (AvgIpc) is 2.36. The van der Waals surface area contributed by atoms with Gasteiger partial charge in [-0.25, -0.2) is 0 Å². The van der Waals surface area contributed by atoms with Crippen LogP contribution in [0.2, 0.25) is 0 Å². The Balaban J connectivity index is 0.00000361. The van der Waals surface area contributed by atoms with Gasteiger partial charge in [0.1, 0.15) is 5.75 Å². The van der Waals surface area contributed by atoms with Crippen LogP contribution in [0, 0.1) is 12.8 Å². The number of guanidine groups is 1. The zero-order valence-corrected chi connectivity index (χ0v) is 15.1. The molecule has 0 saturated carbocycles. The van der Waals surface area contributed by atoms with E-state index in [1.165, 1.54) is 11.1 Å². The predicted molar refractivity (Wildman–Crippen MR) is 96.2 cm³/mol. The van der Waals surface area contributed by atoms with Gasteiger partial charge in [-0.3, -0.25) is 4.99 Å². The molecule has 0 aliphatic carbocycles. The van der Waals surface area contributed by atoms with Gasteiger partial charge in [-0.15, -0.1) is 24.0 Å². The van der Waals surface area contributed by atoms with E-state index >= 15 is 0 Å². The minimum absolute atomic E-state index is 0. The van der Waals surface area contributed by atoms with E-state index in [4.69, 9.17) is 10.5 Å². The van der Waals surface area contributed by atoms with Gasteiger partial charge in [-0.1, -0.05) is 31.5 Å². The maximum absolute atomic E-state index is 5.79. The van der Waals surface area contributed by atoms with Crippen LogP contribution in [0.25, 0.3) is 0 Å². The van der Waals surface area contributed by atoms with Gasteiger partial charge in [-0.05, 0) is 30.9 Å². The maximum atomic E-state index is 5.79. The van der Waals surface area contributed by atoms with Crippen molar-refractivity contribution < 1.29 is 4.74 Å². The molecule has 0 unspecified atom stereocenters. The summed E-state index contributed by atoms with van der Waals surface area (Å²) >= 11 is 0. The molecule has 5 heteroatoms. The molecule has 0 heterocycles. The number of methoxy groups -OCH3 is 1. The van der Waals surface area contributed by atoms with Gasteiger partial charge < -0.3 is 15.8 Å². The third-order valence-electron chi connectivity index (χ3n) is 2.76. The highest BCUT2D eigenvalue weighted by molar-refractivity contribution is 14.0. The third-order valence-corrected chi connectivity index (χ3v) is 2.76. The summed E-state index contributed by atoms with van der Waals surface area (Å²) < 4.78 is 5.35. The molecule has 114 valence electrons. The summed E-state index contributed by atoms with van der Waals surface area (Å²) in [5, 5.41) is 3.13. The number of rotatable bonds is 6. The Morgan fingerprint density at radius 2 is 2.10 bits per heavy atom. The van der Waals surface area contributed by atoms with Crippen molar-refractivity contribution in [2.45, 2.75) is 27.2 Å². The third kappa shape index (κ3) is 6.98. The van der Waals surface area contributed by atoms with E-state index in [1.807, 2.05) is 12.1 Å². The van der Waals surface area contributed by atoms with Crippen LogP contribution < -0.4 is 15.8 Å². The van der Waals surface area contributed by atoms with Crippen LogP contribution in [0.4, 0.5) is 0 Å². The van der Waals surface area contributed by atoms with Gasteiger partial charge in [0, 0.05) is 13.1 Å². The molecule has 0 spiro atoms. The highest BCUT2D eigenvalue weighted by Gasteiger charge is 2.03. The Morgan fingerprint density at radius 3 is 2.70 bits per heavy atom. The number of aryl methyl sites for hydroxylation is 1. The minimum Gasteiger partial charge on any atom is -0.496 e. The van der Waals surface area contributed by atoms with Crippen molar-refractivity contribution >= 4 is 29.9 Å². The molecule has 1 aromatic carbocycles. The molecule has 1 rings (SSSR count). The number of nitrogens with one attached hydrogen (secondary N) is 1. The van der Waals surface area contributed by atoms with Crippen molar-refractivity contribution in [1.82, 2.24) is 5.32 Å². The quantitative estimate of drug-likeness (QED) is 0.446. The van der Waals surface area contributed by atoms with Crippen LogP contribution >= 0.6 is 24.0 Å². The number of hydrogen-bond acceptors (Lipinski definition) is 2. The summed E-state index contributed by atoms with van der Waals surface area (Å²) in [5.74, 6) is 1.96. The van der Waals surface area contributed by atoms with Crippen molar-refractivity contribution in [3.63, 3.8) is 0 Å². The molecule has 20 heavy (non-hydrogen) atoms. The Kier molecular flexibility index (Phi) is 9.37. The van der Waals surface area contributed by atoms with Crippen molar-refractivity contribution in [2.24, 2.45) is 16.6 Å². The molecule has 0 saturated heterocycles. The van der Waals surface area contributed by atoms with E-state index in [0.717, 1.165) is 25.3 Å². The Morgan fingerprint density at radius 1 is 1.40 bits per heavy atom. The Hall–Kier alpha value is -0.980. The lowest BCUT2D eigenvalue weighted by atomic mass is 10.1. The van der Waals surface area contributed by atoms with Crippen LogP contribution in [0.15, 0.2) is 23.2 Å². The number of halogens is 1. The molecule has 3 N–H and O–H groups in total. The van der Waals surface area contributed by atoms with Crippen LogP contribution in [0.1, 0.15) is 25.0 Å². The lowest BCUT2D eigenvalue weighted by Crippen LogP contribution is -2.33. The molecular weight excluding hydrogens is 365 g/mol. The summed E-state index contributed by atoms with van der Waals surface area (Å²) in [6, 6.07) is 6.19. The molecule has 0 aromatic heterocycles. The summed E-state index contributed by atoms with van der Waals surface area (Å²) in [7, 11) is 1.69.